The van der Waals surface area contributed by atoms with Gasteiger partial charge >= 0.3 is 5.97 Å². The third kappa shape index (κ3) is 3.04. The van der Waals surface area contributed by atoms with Gasteiger partial charge in [0, 0.05) is 6.42 Å². The predicted octanol–water partition coefficient (Wildman–Crippen LogP) is 5.46. The van der Waals surface area contributed by atoms with Crippen molar-refractivity contribution < 1.29 is 19.4 Å². The van der Waals surface area contributed by atoms with Crippen molar-refractivity contribution in [3.05, 3.63) is 0 Å². The minimum atomic E-state index is -1.04. The molecule has 0 aliphatic heterocycles. The van der Waals surface area contributed by atoms with Crippen molar-refractivity contribution in [2.75, 3.05) is 0 Å². The Morgan fingerprint density at radius 3 is 2.36 bits per heavy atom. The number of aliphatic carboxylic acids is 1. The van der Waals surface area contributed by atoms with Gasteiger partial charge < -0.3 is 10.2 Å². The molecule has 0 aromatic heterocycles. The lowest BCUT2D eigenvalue weighted by atomic mass is 9.44. The Morgan fingerprint density at radius 1 is 1.00 bits per heavy atom. The lowest BCUT2D eigenvalue weighted by Crippen LogP contribution is -2.57. The molecule has 0 aromatic rings. The van der Waals surface area contributed by atoms with Gasteiger partial charge in [0.05, 0.1) is 6.10 Å². The third-order valence-corrected chi connectivity index (χ3v) is 10.2. The van der Waals surface area contributed by atoms with E-state index in [0.29, 0.717) is 41.4 Å². The van der Waals surface area contributed by atoms with Gasteiger partial charge in [0.25, 0.3) is 0 Å². The van der Waals surface area contributed by atoms with Gasteiger partial charge in [-0.2, -0.15) is 0 Å². The highest BCUT2D eigenvalue weighted by Crippen LogP contribution is 2.68. The van der Waals surface area contributed by atoms with E-state index in [4.69, 9.17) is 5.11 Å². The van der Waals surface area contributed by atoms with E-state index in [0.717, 1.165) is 25.7 Å². The molecular formula is C24H39FO3. The Balaban J connectivity index is 1.53. The number of fused-ring (bicyclic) bond motifs is 5. The molecule has 3 nitrogen and oxygen atoms in total. The van der Waals surface area contributed by atoms with Crippen LogP contribution in [0.1, 0.15) is 85.0 Å². The van der Waals surface area contributed by atoms with E-state index in [9.17, 15) is 14.3 Å². The third-order valence-electron chi connectivity index (χ3n) is 10.2. The number of halogens is 1. The van der Waals surface area contributed by atoms with Crippen LogP contribution in [0.15, 0.2) is 0 Å². The fraction of sp³-hybridized carbons (Fsp3) is 0.958. The highest BCUT2D eigenvalue weighted by Gasteiger charge is 2.62. The summed E-state index contributed by atoms with van der Waals surface area (Å²) in [4.78, 5) is 11.0. The van der Waals surface area contributed by atoms with Crippen LogP contribution < -0.4 is 0 Å². The summed E-state index contributed by atoms with van der Waals surface area (Å²) in [6.45, 7) is 7.08. The number of alkyl halides is 1. The fourth-order valence-electron chi connectivity index (χ4n) is 8.79. The van der Waals surface area contributed by atoms with Crippen molar-refractivity contribution in [1.29, 1.82) is 0 Å². The molecule has 0 saturated heterocycles. The summed E-state index contributed by atoms with van der Waals surface area (Å²) in [6.07, 6.45) is 7.82. The second-order valence-corrected chi connectivity index (χ2v) is 11.3. The number of aliphatic hydroxyl groups excluding tert-OH is 1. The maximum atomic E-state index is 14.9. The molecule has 0 amide bonds. The Kier molecular flexibility index (Phi) is 5.34. The minimum absolute atomic E-state index is 0.0357. The van der Waals surface area contributed by atoms with Crippen molar-refractivity contribution >= 4 is 5.97 Å². The largest absolute Gasteiger partial charge is 0.481 e. The van der Waals surface area contributed by atoms with Crippen molar-refractivity contribution in [2.24, 2.45) is 46.3 Å². The molecule has 0 heterocycles. The summed E-state index contributed by atoms with van der Waals surface area (Å²) in [5.41, 5.74) is 0.376. The maximum Gasteiger partial charge on any atom is 0.303 e. The Labute approximate surface area is 169 Å². The van der Waals surface area contributed by atoms with Gasteiger partial charge in [-0.1, -0.05) is 20.8 Å². The highest BCUT2D eigenvalue weighted by atomic mass is 19.1. The molecule has 4 rings (SSSR count). The molecule has 28 heavy (non-hydrogen) atoms. The van der Waals surface area contributed by atoms with E-state index >= 15 is 0 Å². The zero-order valence-corrected chi connectivity index (χ0v) is 17.9. The monoisotopic (exact) mass is 394 g/mol. The van der Waals surface area contributed by atoms with Gasteiger partial charge in [0.1, 0.15) is 6.17 Å². The molecule has 0 bridgehead atoms. The van der Waals surface area contributed by atoms with Crippen LogP contribution in [0.2, 0.25) is 0 Å². The van der Waals surface area contributed by atoms with Gasteiger partial charge in [-0.25, -0.2) is 4.39 Å². The molecule has 4 fully saturated rings. The predicted molar refractivity (Wildman–Crippen MR) is 108 cm³/mol. The van der Waals surface area contributed by atoms with E-state index in [1.165, 1.54) is 25.7 Å². The second kappa shape index (κ2) is 7.25. The number of carboxylic acids is 1. The van der Waals surface area contributed by atoms with Crippen molar-refractivity contribution in [3.63, 3.8) is 0 Å². The summed E-state index contributed by atoms with van der Waals surface area (Å²) in [6, 6.07) is 0. The normalized spacial score (nSPS) is 51.7. The molecule has 0 spiro atoms. The number of carbonyl (C=O) groups is 1. The fourth-order valence-corrected chi connectivity index (χ4v) is 8.79. The first-order valence-corrected chi connectivity index (χ1v) is 11.7. The van der Waals surface area contributed by atoms with Crippen LogP contribution >= 0.6 is 0 Å². The maximum absolute atomic E-state index is 14.9. The standard InChI is InChI=1S/C24H39FO3/c1-14(4-9-21(27)28)16-7-8-17-15-5-6-19-22(25)20(26)11-13-24(19,3)18(15)10-12-23(16,17)2/h14-20,22,26H,4-13H2,1-3H3,(H,27,28)/t14-,15+,16?,17+,18+,19-,20-,22-,23-,24-/m1/s1. The van der Waals surface area contributed by atoms with E-state index in [1.54, 1.807) is 0 Å². The summed E-state index contributed by atoms with van der Waals surface area (Å²) >= 11 is 0. The molecule has 4 saturated carbocycles. The Bertz CT molecular complexity index is 609. The van der Waals surface area contributed by atoms with Crippen molar-refractivity contribution in [3.8, 4) is 0 Å². The minimum Gasteiger partial charge on any atom is -0.481 e. The number of carboxylic acid groups (broad SMARTS) is 1. The van der Waals surface area contributed by atoms with Gasteiger partial charge in [0.2, 0.25) is 0 Å². The van der Waals surface area contributed by atoms with Gasteiger partial charge in [-0.05, 0) is 104 Å². The van der Waals surface area contributed by atoms with Crippen LogP contribution in [0.4, 0.5) is 4.39 Å². The molecular weight excluding hydrogens is 355 g/mol. The molecule has 4 aliphatic rings. The Hall–Kier alpha value is -0.640. The SMILES string of the molecule is C[C@H](CCC(=O)O)C1CC[C@H]2[C@@H]3CC[C@@H]4[C@@H](F)[C@H](O)CC[C@]4(C)[C@H]3CC[C@]12C. The van der Waals surface area contributed by atoms with Crippen LogP contribution in [0, 0.1) is 46.3 Å². The van der Waals surface area contributed by atoms with E-state index in [-0.39, 0.29) is 17.8 Å². The van der Waals surface area contributed by atoms with Crippen molar-refractivity contribution in [2.45, 2.75) is 97.3 Å². The van der Waals surface area contributed by atoms with Gasteiger partial charge in [-0.3, -0.25) is 4.79 Å². The quantitative estimate of drug-likeness (QED) is 0.666. The lowest BCUT2D eigenvalue weighted by molar-refractivity contribution is -0.157. The van der Waals surface area contributed by atoms with E-state index in [2.05, 4.69) is 20.8 Å². The highest BCUT2D eigenvalue weighted by molar-refractivity contribution is 5.66. The van der Waals surface area contributed by atoms with Crippen LogP contribution in [-0.2, 0) is 4.79 Å². The number of hydrogen-bond acceptors (Lipinski definition) is 2. The van der Waals surface area contributed by atoms with Gasteiger partial charge in [-0.15, -0.1) is 0 Å². The lowest BCUT2D eigenvalue weighted by Gasteiger charge is -2.61. The number of aliphatic hydroxyl groups is 1. The molecule has 4 aliphatic carbocycles. The summed E-state index contributed by atoms with van der Waals surface area (Å²) in [7, 11) is 0. The molecule has 10 atom stereocenters. The molecule has 4 heteroatoms. The smallest absolute Gasteiger partial charge is 0.303 e. The van der Waals surface area contributed by atoms with Crippen LogP contribution in [0.25, 0.3) is 0 Å². The van der Waals surface area contributed by atoms with Crippen molar-refractivity contribution in [1.82, 2.24) is 0 Å². The zero-order chi connectivity index (χ0) is 20.3. The first-order valence-electron chi connectivity index (χ1n) is 11.7. The number of rotatable bonds is 4. The van der Waals surface area contributed by atoms with Crippen LogP contribution in [0.5, 0.6) is 0 Å². The molecule has 1 unspecified atom stereocenters. The summed E-state index contributed by atoms with van der Waals surface area (Å²) in [5.74, 6) is 2.46. The topological polar surface area (TPSA) is 57.5 Å². The second-order valence-electron chi connectivity index (χ2n) is 11.3. The van der Waals surface area contributed by atoms with Crippen LogP contribution in [0.3, 0.4) is 0 Å². The first-order chi connectivity index (χ1) is 13.2. The van der Waals surface area contributed by atoms with E-state index in [1.807, 2.05) is 0 Å². The molecule has 160 valence electrons. The average Bonchev–Trinajstić information content (AvgIpc) is 3.00. The molecule has 2 N–H and O–H groups in total. The summed E-state index contributed by atoms with van der Waals surface area (Å²) in [5, 5.41) is 19.2. The average molecular weight is 395 g/mol. The molecule has 0 aromatic carbocycles. The Morgan fingerprint density at radius 2 is 1.64 bits per heavy atom. The number of hydrogen-bond donors (Lipinski definition) is 2. The van der Waals surface area contributed by atoms with Crippen LogP contribution in [-0.4, -0.2) is 28.5 Å². The van der Waals surface area contributed by atoms with Gasteiger partial charge in [0.15, 0.2) is 0 Å². The zero-order valence-electron chi connectivity index (χ0n) is 17.9. The molecule has 0 radical (unpaired) electrons. The first kappa shape index (κ1) is 20.6. The summed E-state index contributed by atoms with van der Waals surface area (Å²) < 4.78 is 14.9. The van der Waals surface area contributed by atoms with E-state index < -0.39 is 18.2 Å².